The topological polar surface area (TPSA) is 86.2 Å². The lowest BCUT2D eigenvalue weighted by atomic mass is 10.2. The van der Waals surface area contributed by atoms with Crippen molar-refractivity contribution in [3.8, 4) is 22.3 Å². The summed E-state index contributed by atoms with van der Waals surface area (Å²) in [5.41, 5.74) is 1.43. The number of ether oxygens (including phenoxy) is 2. The molecule has 0 bridgehead atoms. The van der Waals surface area contributed by atoms with Crippen molar-refractivity contribution in [2.75, 3.05) is 13.7 Å². The fraction of sp³-hybridized carbons (Fsp3) is 0.263. The molecule has 9 heteroatoms. The molecule has 3 aromatic rings. The summed E-state index contributed by atoms with van der Waals surface area (Å²) in [6.07, 6.45) is 3.28. The maximum absolute atomic E-state index is 12.6. The molecule has 1 aromatic carbocycles. The van der Waals surface area contributed by atoms with Gasteiger partial charge in [0.1, 0.15) is 4.88 Å². The van der Waals surface area contributed by atoms with Crippen LogP contribution in [-0.4, -0.2) is 34.6 Å². The molecule has 0 spiro atoms. The summed E-state index contributed by atoms with van der Waals surface area (Å²) in [7, 11) is 1.55. The van der Waals surface area contributed by atoms with Gasteiger partial charge in [-0.3, -0.25) is 4.79 Å². The lowest BCUT2D eigenvalue weighted by Gasteiger charge is -2.13. The Morgan fingerprint density at radius 2 is 2.04 bits per heavy atom. The quantitative estimate of drug-likeness (QED) is 0.626. The molecule has 0 saturated carbocycles. The van der Waals surface area contributed by atoms with E-state index in [9.17, 15) is 4.79 Å². The predicted octanol–water partition coefficient (Wildman–Crippen LogP) is 3.90. The van der Waals surface area contributed by atoms with Crippen molar-refractivity contribution in [1.29, 1.82) is 0 Å². The summed E-state index contributed by atoms with van der Waals surface area (Å²) in [6.45, 7) is 4.42. The van der Waals surface area contributed by atoms with E-state index in [4.69, 9.17) is 21.1 Å². The van der Waals surface area contributed by atoms with E-state index in [1.165, 1.54) is 11.3 Å². The fourth-order valence-electron chi connectivity index (χ4n) is 2.53. The van der Waals surface area contributed by atoms with Gasteiger partial charge in [-0.25, -0.2) is 15.0 Å². The zero-order chi connectivity index (χ0) is 20.1. The molecule has 0 unspecified atom stereocenters. The number of carbonyl (C=O) groups excluding carboxylic acids is 1. The van der Waals surface area contributed by atoms with Gasteiger partial charge in [0.2, 0.25) is 0 Å². The van der Waals surface area contributed by atoms with Gasteiger partial charge in [0.25, 0.3) is 5.91 Å². The van der Waals surface area contributed by atoms with Crippen LogP contribution in [0.5, 0.6) is 11.5 Å². The third kappa shape index (κ3) is 4.40. The number of carbonyl (C=O) groups is 1. The van der Waals surface area contributed by atoms with Gasteiger partial charge < -0.3 is 14.8 Å². The summed E-state index contributed by atoms with van der Waals surface area (Å²) < 4.78 is 10.8. The number of amides is 1. The number of halogens is 1. The van der Waals surface area contributed by atoms with Crippen molar-refractivity contribution in [2.24, 2.45) is 0 Å². The summed E-state index contributed by atoms with van der Waals surface area (Å²) in [6, 6.07) is 5.27. The number of aromatic nitrogens is 3. The summed E-state index contributed by atoms with van der Waals surface area (Å²) in [5.74, 6) is 1.29. The molecule has 0 saturated heterocycles. The first-order valence-corrected chi connectivity index (χ1v) is 9.75. The van der Waals surface area contributed by atoms with Crippen molar-refractivity contribution in [3.05, 3.63) is 51.7 Å². The number of hydrogen-bond acceptors (Lipinski definition) is 7. The number of methoxy groups -OCH3 is 1. The Kier molecular flexibility index (Phi) is 6.43. The standard InChI is InChI=1S/C19H19ClN4O3S/c1-4-27-15-13(20)8-12(9-14(15)26-3)10-23-18(25)16-11(2)24-19(28-16)17-21-6-5-7-22-17/h5-9H,4,10H2,1-3H3,(H,23,25). The molecule has 0 atom stereocenters. The maximum atomic E-state index is 12.6. The Hall–Kier alpha value is -2.71. The van der Waals surface area contributed by atoms with Gasteiger partial charge in [0, 0.05) is 18.9 Å². The normalized spacial score (nSPS) is 10.6. The summed E-state index contributed by atoms with van der Waals surface area (Å²) >= 11 is 7.54. The number of benzene rings is 1. The largest absolute Gasteiger partial charge is 0.493 e. The van der Waals surface area contributed by atoms with Crippen LogP contribution in [0.15, 0.2) is 30.6 Å². The smallest absolute Gasteiger partial charge is 0.263 e. The van der Waals surface area contributed by atoms with Crippen LogP contribution in [0.3, 0.4) is 0 Å². The molecule has 1 amide bonds. The number of nitrogens with zero attached hydrogens (tertiary/aromatic N) is 3. The van der Waals surface area contributed by atoms with Crippen molar-refractivity contribution in [1.82, 2.24) is 20.3 Å². The molecule has 0 aliphatic carbocycles. The lowest BCUT2D eigenvalue weighted by molar-refractivity contribution is 0.0954. The second kappa shape index (κ2) is 8.99. The molecule has 2 aromatic heterocycles. The second-order valence-corrected chi connectivity index (χ2v) is 7.14. The molecule has 28 heavy (non-hydrogen) atoms. The molecule has 0 fully saturated rings. The molecule has 7 nitrogen and oxygen atoms in total. The van der Waals surface area contributed by atoms with Crippen molar-refractivity contribution < 1.29 is 14.3 Å². The van der Waals surface area contributed by atoms with Crippen molar-refractivity contribution in [2.45, 2.75) is 20.4 Å². The van der Waals surface area contributed by atoms with Gasteiger partial charge in [-0.05, 0) is 37.6 Å². The average molecular weight is 419 g/mol. The number of rotatable bonds is 7. The highest BCUT2D eigenvalue weighted by molar-refractivity contribution is 7.17. The highest BCUT2D eigenvalue weighted by Crippen LogP contribution is 2.36. The van der Waals surface area contributed by atoms with Gasteiger partial charge in [-0.15, -0.1) is 11.3 Å². The van der Waals surface area contributed by atoms with Crippen LogP contribution in [0.1, 0.15) is 27.9 Å². The fourth-order valence-corrected chi connectivity index (χ4v) is 3.75. The maximum Gasteiger partial charge on any atom is 0.263 e. The van der Waals surface area contributed by atoms with E-state index < -0.39 is 0 Å². The monoisotopic (exact) mass is 418 g/mol. The highest BCUT2D eigenvalue weighted by Gasteiger charge is 2.18. The average Bonchev–Trinajstić information content (AvgIpc) is 3.10. The minimum atomic E-state index is -0.221. The van der Waals surface area contributed by atoms with E-state index in [1.807, 2.05) is 6.92 Å². The van der Waals surface area contributed by atoms with Crippen LogP contribution in [0.2, 0.25) is 5.02 Å². The van der Waals surface area contributed by atoms with Crippen LogP contribution in [0, 0.1) is 6.92 Å². The SMILES string of the molecule is CCOc1c(Cl)cc(CNC(=O)c2sc(-c3ncccn3)nc2C)cc1OC. The third-order valence-corrected chi connectivity index (χ3v) is 5.22. The predicted molar refractivity (Wildman–Crippen MR) is 108 cm³/mol. The van der Waals surface area contributed by atoms with Crippen LogP contribution in [-0.2, 0) is 6.54 Å². The van der Waals surface area contributed by atoms with E-state index in [0.29, 0.717) is 44.5 Å². The third-order valence-electron chi connectivity index (χ3n) is 3.79. The number of thiazole rings is 1. The molecule has 3 rings (SSSR count). The van der Waals surface area contributed by atoms with Crippen LogP contribution in [0.25, 0.3) is 10.8 Å². The Morgan fingerprint density at radius 1 is 1.29 bits per heavy atom. The van der Waals surface area contributed by atoms with Crippen LogP contribution >= 0.6 is 22.9 Å². The first kappa shape index (κ1) is 20.0. The first-order chi connectivity index (χ1) is 13.5. The zero-order valence-corrected chi connectivity index (χ0v) is 17.2. The first-order valence-electron chi connectivity index (χ1n) is 8.55. The van der Waals surface area contributed by atoms with Crippen LogP contribution in [0.4, 0.5) is 0 Å². The minimum Gasteiger partial charge on any atom is -0.493 e. The Labute approximate surface area is 171 Å². The zero-order valence-electron chi connectivity index (χ0n) is 15.7. The highest BCUT2D eigenvalue weighted by atomic mass is 35.5. The van der Waals surface area contributed by atoms with Crippen LogP contribution < -0.4 is 14.8 Å². The van der Waals surface area contributed by atoms with E-state index in [-0.39, 0.29) is 12.5 Å². The number of hydrogen-bond donors (Lipinski definition) is 1. The molecule has 0 radical (unpaired) electrons. The molecular weight excluding hydrogens is 400 g/mol. The Morgan fingerprint density at radius 3 is 2.71 bits per heavy atom. The molecule has 2 heterocycles. The molecule has 1 N–H and O–H groups in total. The van der Waals surface area contributed by atoms with E-state index in [0.717, 1.165) is 5.56 Å². The molecule has 0 aliphatic heterocycles. The van der Waals surface area contributed by atoms with Gasteiger partial charge in [-0.2, -0.15) is 0 Å². The molecule has 0 aliphatic rings. The number of nitrogens with one attached hydrogen (secondary N) is 1. The van der Waals surface area contributed by atoms with Crippen molar-refractivity contribution >= 4 is 28.8 Å². The minimum absolute atomic E-state index is 0.221. The Balaban J connectivity index is 1.74. The van der Waals surface area contributed by atoms with E-state index in [1.54, 1.807) is 44.6 Å². The van der Waals surface area contributed by atoms with Gasteiger partial charge >= 0.3 is 0 Å². The summed E-state index contributed by atoms with van der Waals surface area (Å²) in [5, 5.41) is 3.93. The van der Waals surface area contributed by atoms with Gasteiger partial charge in [0.15, 0.2) is 22.3 Å². The number of aryl methyl sites for hydroxylation is 1. The van der Waals surface area contributed by atoms with Crippen molar-refractivity contribution in [3.63, 3.8) is 0 Å². The molecular formula is C19H19ClN4O3S. The second-order valence-electron chi connectivity index (χ2n) is 5.73. The summed E-state index contributed by atoms with van der Waals surface area (Å²) in [4.78, 5) is 25.9. The Bertz CT molecular complexity index is 979. The van der Waals surface area contributed by atoms with E-state index in [2.05, 4.69) is 20.3 Å². The van der Waals surface area contributed by atoms with Gasteiger partial charge in [-0.1, -0.05) is 11.6 Å². The lowest BCUT2D eigenvalue weighted by Crippen LogP contribution is -2.22. The molecule has 146 valence electrons. The van der Waals surface area contributed by atoms with E-state index >= 15 is 0 Å². The van der Waals surface area contributed by atoms with Gasteiger partial charge in [0.05, 0.1) is 24.4 Å².